The first kappa shape index (κ1) is 18.7. The SMILES string of the molecule is CC(C)NC(=S)NNC(=O)COc1ccccc1Cc1ccccc1. The van der Waals surface area contributed by atoms with Gasteiger partial charge in [-0.25, -0.2) is 0 Å². The molecule has 2 aromatic rings. The first-order valence-electron chi connectivity index (χ1n) is 8.14. The number of carbonyl (C=O) groups is 1. The average Bonchev–Trinajstić information content (AvgIpc) is 2.59. The first-order valence-corrected chi connectivity index (χ1v) is 8.55. The Morgan fingerprint density at radius 1 is 1.04 bits per heavy atom. The van der Waals surface area contributed by atoms with Gasteiger partial charge in [0.2, 0.25) is 0 Å². The molecule has 3 N–H and O–H groups in total. The first-order chi connectivity index (χ1) is 12.0. The van der Waals surface area contributed by atoms with Crippen LogP contribution in [0.25, 0.3) is 0 Å². The maximum Gasteiger partial charge on any atom is 0.276 e. The zero-order chi connectivity index (χ0) is 18.1. The second-order valence-corrected chi connectivity index (χ2v) is 6.27. The van der Waals surface area contributed by atoms with E-state index in [1.165, 1.54) is 5.56 Å². The molecule has 1 amide bonds. The van der Waals surface area contributed by atoms with Gasteiger partial charge in [-0.3, -0.25) is 15.6 Å². The number of rotatable bonds is 6. The van der Waals surface area contributed by atoms with Gasteiger partial charge >= 0.3 is 0 Å². The number of hydrazine groups is 1. The molecular formula is C19H23N3O2S. The van der Waals surface area contributed by atoms with Gasteiger partial charge < -0.3 is 10.1 Å². The molecule has 0 atom stereocenters. The van der Waals surface area contributed by atoms with E-state index < -0.39 is 0 Å². The summed E-state index contributed by atoms with van der Waals surface area (Å²) in [5, 5.41) is 3.34. The van der Waals surface area contributed by atoms with Crippen molar-refractivity contribution in [3.63, 3.8) is 0 Å². The lowest BCUT2D eigenvalue weighted by atomic mass is 10.0. The van der Waals surface area contributed by atoms with Crippen molar-refractivity contribution >= 4 is 23.2 Å². The summed E-state index contributed by atoms with van der Waals surface area (Å²) < 4.78 is 5.67. The highest BCUT2D eigenvalue weighted by atomic mass is 32.1. The van der Waals surface area contributed by atoms with Crippen LogP contribution < -0.4 is 20.9 Å². The van der Waals surface area contributed by atoms with E-state index in [2.05, 4.69) is 28.3 Å². The highest BCUT2D eigenvalue weighted by Gasteiger charge is 2.08. The molecule has 0 aromatic heterocycles. The van der Waals surface area contributed by atoms with Crippen molar-refractivity contribution in [1.82, 2.24) is 16.2 Å². The predicted octanol–water partition coefficient (Wildman–Crippen LogP) is 2.56. The molecule has 0 aliphatic carbocycles. The lowest BCUT2D eigenvalue weighted by molar-refractivity contribution is -0.123. The van der Waals surface area contributed by atoms with E-state index in [9.17, 15) is 4.79 Å². The van der Waals surface area contributed by atoms with E-state index >= 15 is 0 Å². The molecule has 0 bridgehead atoms. The maximum atomic E-state index is 11.9. The van der Waals surface area contributed by atoms with Crippen LogP contribution in [0.1, 0.15) is 25.0 Å². The second-order valence-electron chi connectivity index (χ2n) is 5.86. The average molecular weight is 357 g/mol. The summed E-state index contributed by atoms with van der Waals surface area (Å²) in [6, 6.07) is 18.0. The van der Waals surface area contributed by atoms with Crippen LogP contribution in [0.2, 0.25) is 0 Å². The Labute approximate surface area is 153 Å². The lowest BCUT2D eigenvalue weighted by Gasteiger charge is -2.15. The summed E-state index contributed by atoms with van der Waals surface area (Å²) in [4.78, 5) is 11.9. The number of carbonyl (C=O) groups excluding carboxylic acids is 1. The molecule has 0 radical (unpaired) electrons. The third kappa shape index (κ3) is 6.81. The van der Waals surface area contributed by atoms with Crippen LogP contribution in [-0.4, -0.2) is 23.7 Å². The van der Waals surface area contributed by atoms with E-state index in [1.807, 2.05) is 56.3 Å². The Morgan fingerprint density at radius 2 is 1.72 bits per heavy atom. The fourth-order valence-electron chi connectivity index (χ4n) is 2.21. The van der Waals surface area contributed by atoms with Crippen molar-refractivity contribution in [3.8, 4) is 5.75 Å². The highest BCUT2D eigenvalue weighted by molar-refractivity contribution is 7.80. The minimum Gasteiger partial charge on any atom is -0.483 e. The predicted molar refractivity (Wildman–Crippen MR) is 103 cm³/mol. The normalized spacial score (nSPS) is 10.2. The van der Waals surface area contributed by atoms with E-state index in [4.69, 9.17) is 17.0 Å². The standard InChI is InChI=1S/C19H23N3O2S/c1-14(2)20-19(25)22-21-18(23)13-24-17-11-7-6-10-16(17)12-15-8-4-3-5-9-15/h3-11,14H,12-13H2,1-2H3,(H,21,23)(H2,20,22,25). The van der Waals surface area contributed by atoms with Gasteiger partial charge in [-0.2, -0.15) is 0 Å². The van der Waals surface area contributed by atoms with Gasteiger partial charge in [-0.05, 0) is 43.3 Å². The van der Waals surface area contributed by atoms with Crippen molar-refractivity contribution < 1.29 is 9.53 Å². The summed E-state index contributed by atoms with van der Waals surface area (Å²) in [5.41, 5.74) is 7.38. The van der Waals surface area contributed by atoms with Gasteiger partial charge in [0.15, 0.2) is 11.7 Å². The van der Waals surface area contributed by atoms with Crippen molar-refractivity contribution in [2.75, 3.05) is 6.61 Å². The Morgan fingerprint density at radius 3 is 2.44 bits per heavy atom. The Bertz CT molecular complexity index is 705. The number of amides is 1. The van der Waals surface area contributed by atoms with Crippen molar-refractivity contribution in [2.45, 2.75) is 26.3 Å². The highest BCUT2D eigenvalue weighted by Crippen LogP contribution is 2.21. The molecule has 6 heteroatoms. The number of hydrogen-bond acceptors (Lipinski definition) is 3. The van der Waals surface area contributed by atoms with E-state index in [-0.39, 0.29) is 18.6 Å². The minimum absolute atomic E-state index is 0.0942. The molecule has 0 aliphatic rings. The third-order valence-corrected chi connectivity index (χ3v) is 3.52. The fourth-order valence-corrected chi connectivity index (χ4v) is 2.50. The monoisotopic (exact) mass is 357 g/mol. The van der Waals surface area contributed by atoms with Gasteiger partial charge in [0, 0.05) is 12.5 Å². The van der Waals surface area contributed by atoms with E-state index in [0.29, 0.717) is 10.9 Å². The van der Waals surface area contributed by atoms with Crippen LogP contribution in [-0.2, 0) is 11.2 Å². The molecular weight excluding hydrogens is 334 g/mol. The van der Waals surface area contributed by atoms with Crippen LogP contribution in [0, 0.1) is 0 Å². The van der Waals surface area contributed by atoms with Crippen LogP contribution in [0.3, 0.4) is 0 Å². The van der Waals surface area contributed by atoms with Gasteiger partial charge in [-0.1, -0.05) is 48.5 Å². The smallest absolute Gasteiger partial charge is 0.276 e. The molecule has 0 saturated carbocycles. The largest absolute Gasteiger partial charge is 0.483 e. The topological polar surface area (TPSA) is 62.4 Å². The van der Waals surface area contributed by atoms with E-state index in [1.54, 1.807) is 0 Å². The van der Waals surface area contributed by atoms with Crippen LogP contribution in [0.15, 0.2) is 54.6 Å². The van der Waals surface area contributed by atoms with Gasteiger partial charge in [0.05, 0.1) is 0 Å². The lowest BCUT2D eigenvalue weighted by Crippen LogP contribution is -2.49. The van der Waals surface area contributed by atoms with Gasteiger partial charge in [0.25, 0.3) is 5.91 Å². The molecule has 0 aliphatic heterocycles. The summed E-state index contributed by atoms with van der Waals surface area (Å²) in [6.07, 6.45) is 0.749. The molecule has 2 rings (SSSR count). The number of nitrogens with one attached hydrogen (secondary N) is 3. The number of hydrogen-bond donors (Lipinski definition) is 3. The molecule has 2 aromatic carbocycles. The molecule has 0 spiro atoms. The van der Waals surface area contributed by atoms with Gasteiger partial charge in [-0.15, -0.1) is 0 Å². The van der Waals surface area contributed by atoms with Crippen LogP contribution in [0.5, 0.6) is 5.75 Å². The zero-order valence-corrected chi connectivity index (χ0v) is 15.2. The molecule has 25 heavy (non-hydrogen) atoms. The minimum atomic E-state index is -0.303. The van der Waals surface area contributed by atoms with Crippen LogP contribution in [0.4, 0.5) is 0 Å². The zero-order valence-electron chi connectivity index (χ0n) is 14.4. The van der Waals surface area contributed by atoms with Gasteiger partial charge in [0.1, 0.15) is 5.75 Å². The molecule has 0 unspecified atom stereocenters. The number of benzene rings is 2. The fraction of sp³-hybridized carbons (Fsp3) is 0.263. The van der Waals surface area contributed by atoms with Crippen molar-refractivity contribution in [1.29, 1.82) is 0 Å². The quantitative estimate of drug-likeness (QED) is 0.548. The van der Waals surface area contributed by atoms with Crippen molar-refractivity contribution in [3.05, 3.63) is 65.7 Å². The van der Waals surface area contributed by atoms with Crippen molar-refractivity contribution in [2.24, 2.45) is 0 Å². The number of ether oxygens (including phenoxy) is 1. The summed E-state index contributed by atoms with van der Waals surface area (Å²) in [7, 11) is 0. The second kappa shape index (κ2) is 9.64. The molecule has 5 nitrogen and oxygen atoms in total. The Balaban J connectivity index is 1.86. The van der Waals surface area contributed by atoms with E-state index in [0.717, 1.165) is 12.0 Å². The third-order valence-electron chi connectivity index (χ3n) is 3.30. The summed E-state index contributed by atoms with van der Waals surface area (Å²) >= 11 is 5.04. The molecule has 0 heterocycles. The number of thiocarbonyl (C=S) groups is 1. The molecule has 132 valence electrons. The summed E-state index contributed by atoms with van der Waals surface area (Å²) in [5.74, 6) is 0.395. The maximum absolute atomic E-state index is 11.9. The Hall–Kier alpha value is -2.60. The van der Waals surface area contributed by atoms with Crippen LogP contribution >= 0.6 is 12.2 Å². The number of para-hydroxylation sites is 1. The summed E-state index contributed by atoms with van der Waals surface area (Å²) in [6.45, 7) is 3.83. The Kier molecular flexibility index (Phi) is 7.22. The molecule has 0 fully saturated rings. The molecule has 0 saturated heterocycles.